The van der Waals surface area contributed by atoms with Crippen LogP contribution >= 0.6 is 0 Å². The standard InChI is InChI=1S/C18H17N7O2/c1-8-3-4-11(26)9(2)13(8)25-14(19)12(15(20)27)10-7-23-17(24-18(10)25)16-21-5-6-22-16/h3-7,26H,19H2,1-2H3,(H2,20,27)(H,21,22). The van der Waals surface area contributed by atoms with Crippen LogP contribution in [0.5, 0.6) is 5.75 Å². The molecule has 4 rings (SSSR count). The number of hydrogen-bond donors (Lipinski definition) is 4. The van der Waals surface area contributed by atoms with Gasteiger partial charge < -0.3 is 21.6 Å². The van der Waals surface area contributed by atoms with E-state index in [0.717, 1.165) is 5.56 Å². The van der Waals surface area contributed by atoms with Crippen molar-refractivity contribution < 1.29 is 9.90 Å². The number of carbonyl (C=O) groups is 1. The number of aryl methyl sites for hydroxylation is 1. The number of aromatic hydroxyl groups is 1. The first-order valence-electron chi connectivity index (χ1n) is 8.16. The molecule has 3 heterocycles. The number of nitrogens with one attached hydrogen (secondary N) is 1. The lowest BCUT2D eigenvalue weighted by atomic mass is 10.1. The minimum Gasteiger partial charge on any atom is -0.508 e. The van der Waals surface area contributed by atoms with Crippen molar-refractivity contribution in [2.75, 3.05) is 5.73 Å². The van der Waals surface area contributed by atoms with Crippen molar-refractivity contribution >= 4 is 22.8 Å². The summed E-state index contributed by atoms with van der Waals surface area (Å²) in [5, 5.41) is 10.6. The van der Waals surface area contributed by atoms with Crippen LogP contribution in [0.3, 0.4) is 0 Å². The van der Waals surface area contributed by atoms with E-state index in [0.29, 0.717) is 33.9 Å². The van der Waals surface area contributed by atoms with Crippen LogP contribution in [0.25, 0.3) is 28.4 Å². The predicted octanol–water partition coefficient (Wildman–Crippen LogP) is 1.81. The van der Waals surface area contributed by atoms with Crippen LogP contribution in [0, 0.1) is 13.8 Å². The van der Waals surface area contributed by atoms with Crippen molar-refractivity contribution in [3.63, 3.8) is 0 Å². The third kappa shape index (κ3) is 2.40. The zero-order valence-corrected chi connectivity index (χ0v) is 14.7. The monoisotopic (exact) mass is 363 g/mol. The van der Waals surface area contributed by atoms with Crippen molar-refractivity contribution in [2.45, 2.75) is 13.8 Å². The molecule has 27 heavy (non-hydrogen) atoms. The SMILES string of the molecule is Cc1ccc(O)c(C)c1-n1c(N)c(C(N)=O)c2cnc(-c3ncc[nH]3)nc21. The number of nitrogens with zero attached hydrogens (tertiary/aromatic N) is 4. The number of nitrogen functional groups attached to an aromatic ring is 1. The Kier molecular flexibility index (Phi) is 3.58. The van der Waals surface area contributed by atoms with Crippen LogP contribution < -0.4 is 11.5 Å². The highest BCUT2D eigenvalue weighted by Crippen LogP contribution is 2.35. The Balaban J connectivity index is 2.14. The maximum atomic E-state index is 12.0. The first-order valence-corrected chi connectivity index (χ1v) is 8.16. The summed E-state index contributed by atoms with van der Waals surface area (Å²) in [6, 6.07) is 3.37. The lowest BCUT2D eigenvalue weighted by Crippen LogP contribution is -2.14. The van der Waals surface area contributed by atoms with E-state index in [4.69, 9.17) is 11.5 Å². The number of imidazole rings is 1. The van der Waals surface area contributed by atoms with Crippen molar-refractivity contribution in [3.8, 4) is 23.1 Å². The van der Waals surface area contributed by atoms with Gasteiger partial charge in [-0.2, -0.15) is 0 Å². The fourth-order valence-electron chi connectivity index (χ4n) is 3.24. The number of aromatic nitrogens is 5. The number of H-pyrrole nitrogens is 1. The predicted molar refractivity (Wildman–Crippen MR) is 101 cm³/mol. The number of nitrogens with two attached hydrogens (primary N) is 2. The molecule has 136 valence electrons. The van der Waals surface area contributed by atoms with E-state index in [1.807, 2.05) is 6.92 Å². The first kappa shape index (κ1) is 16.6. The van der Waals surface area contributed by atoms with E-state index >= 15 is 0 Å². The second-order valence-corrected chi connectivity index (χ2v) is 6.20. The Morgan fingerprint density at radius 1 is 1.26 bits per heavy atom. The first-order chi connectivity index (χ1) is 12.9. The van der Waals surface area contributed by atoms with Crippen LogP contribution in [0.4, 0.5) is 5.82 Å². The van der Waals surface area contributed by atoms with Gasteiger partial charge in [0, 0.05) is 24.2 Å². The fraction of sp³-hybridized carbons (Fsp3) is 0.111. The number of benzene rings is 1. The molecular formula is C18H17N7O2. The number of rotatable bonds is 3. The van der Waals surface area contributed by atoms with E-state index in [-0.39, 0.29) is 17.1 Å². The second kappa shape index (κ2) is 5.84. The maximum absolute atomic E-state index is 12.0. The van der Waals surface area contributed by atoms with Crippen LogP contribution in [-0.2, 0) is 0 Å². The number of amides is 1. The highest BCUT2D eigenvalue weighted by atomic mass is 16.3. The van der Waals surface area contributed by atoms with Gasteiger partial charge in [-0.05, 0) is 25.5 Å². The van der Waals surface area contributed by atoms with E-state index in [9.17, 15) is 9.90 Å². The molecule has 0 aliphatic rings. The summed E-state index contributed by atoms with van der Waals surface area (Å²) < 4.78 is 1.62. The van der Waals surface area contributed by atoms with E-state index in [1.165, 1.54) is 6.20 Å². The highest BCUT2D eigenvalue weighted by molar-refractivity contribution is 6.11. The molecule has 3 aromatic heterocycles. The molecule has 0 spiro atoms. The minimum atomic E-state index is -0.680. The van der Waals surface area contributed by atoms with E-state index in [2.05, 4.69) is 19.9 Å². The maximum Gasteiger partial charge on any atom is 0.253 e. The molecule has 0 bridgehead atoms. The summed E-state index contributed by atoms with van der Waals surface area (Å²) in [4.78, 5) is 28.0. The molecule has 9 heteroatoms. The third-order valence-corrected chi connectivity index (χ3v) is 4.53. The van der Waals surface area contributed by atoms with Crippen molar-refractivity contribution in [3.05, 3.63) is 47.4 Å². The topological polar surface area (TPSA) is 149 Å². The van der Waals surface area contributed by atoms with Gasteiger partial charge in [-0.3, -0.25) is 9.36 Å². The molecule has 0 fully saturated rings. The van der Waals surface area contributed by atoms with Gasteiger partial charge in [-0.1, -0.05) is 6.07 Å². The molecule has 4 aromatic rings. The number of aromatic amines is 1. The Morgan fingerprint density at radius 2 is 2.04 bits per heavy atom. The van der Waals surface area contributed by atoms with E-state index < -0.39 is 5.91 Å². The van der Waals surface area contributed by atoms with Gasteiger partial charge in [0.05, 0.1) is 16.6 Å². The largest absolute Gasteiger partial charge is 0.508 e. The van der Waals surface area contributed by atoms with Crippen molar-refractivity contribution in [1.29, 1.82) is 0 Å². The smallest absolute Gasteiger partial charge is 0.253 e. The number of primary amides is 1. The van der Waals surface area contributed by atoms with Gasteiger partial charge in [0.25, 0.3) is 5.91 Å². The summed E-state index contributed by atoms with van der Waals surface area (Å²) in [6.07, 6.45) is 4.75. The molecule has 9 nitrogen and oxygen atoms in total. The Morgan fingerprint density at radius 3 is 2.70 bits per heavy atom. The summed E-state index contributed by atoms with van der Waals surface area (Å²) in [5.74, 6) is 0.393. The van der Waals surface area contributed by atoms with Gasteiger partial charge in [0.2, 0.25) is 0 Å². The van der Waals surface area contributed by atoms with E-state index in [1.54, 1.807) is 36.0 Å². The second-order valence-electron chi connectivity index (χ2n) is 6.20. The number of carbonyl (C=O) groups excluding carboxylic acids is 1. The molecule has 1 amide bonds. The molecule has 0 aliphatic carbocycles. The van der Waals surface area contributed by atoms with Crippen LogP contribution in [0.2, 0.25) is 0 Å². The summed E-state index contributed by atoms with van der Waals surface area (Å²) in [7, 11) is 0. The van der Waals surface area contributed by atoms with Crippen LogP contribution in [0.1, 0.15) is 21.5 Å². The van der Waals surface area contributed by atoms with Gasteiger partial charge in [0.15, 0.2) is 17.3 Å². The lowest BCUT2D eigenvalue weighted by molar-refractivity contribution is 0.100. The molecule has 0 atom stereocenters. The number of phenolic OH excluding ortho intramolecular Hbond substituents is 1. The number of phenols is 1. The minimum absolute atomic E-state index is 0.109. The molecule has 0 saturated heterocycles. The van der Waals surface area contributed by atoms with Crippen molar-refractivity contribution in [2.24, 2.45) is 5.73 Å². The Labute approximate surface area is 153 Å². The molecule has 0 saturated carbocycles. The van der Waals surface area contributed by atoms with Gasteiger partial charge in [-0.15, -0.1) is 0 Å². The van der Waals surface area contributed by atoms with Gasteiger partial charge >= 0.3 is 0 Å². The van der Waals surface area contributed by atoms with Crippen LogP contribution in [-0.4, -0.2) is 35.5 Å². The van der Waals surface area contributed by atoms with Crippen LogP contribution in [0.15, 0.2) is 30.7 Å². The van der Waals surface area contributed by atoms with Gasteiger partial charge in [-0.25, -0.2) is 15.0 Å². The molecule has 0 aliphatic heterocycles. The zero-order valence-electron chi connectivity index (χ0n) is 14.7. The summed E-state index contributed by atoms with van der Waals surface area (Å²) in [6.45, 7) is 3.65. The Bertz CT molecular complexity index is 1190. The molecule has 1 aromatic carbocycles. The molecule has 0 radical (unpaired) electrons. The van der Waals surface area contributed by atoms with Gasteiger partial charge in [0.1, 0.15) is 11.6 Å². The summed E-state index contributed by atoms with van der Waals surface area (Å²) in [5.41, 5.74) is 14.5. The number of hydrogen-bond acceptors (Lipinski definition) is 6. The average molecular weight is 363 g/mol. The number of fused-ring (bicyclic) bond motifs is 1. The molecular weight excluding hydrogens is 346 g/mol. The summed E-state index contributed by atoms with van der Waals surface area (Å²) >= 11 is 0. The Hall–Kier alpha value is -3.88. The zero-order chi connectivity index (χ0) is 19.3. The quantitative estimate of drug-likeness (QED) is 0.436. The highest BCUT2D eigenvalue weighted by Gasteiger charge is 2.24. The normalized spacial score (nSPS) is 11.2. The fourth-order valence-corrected chi connectivity index (χ4v) is 3.24. The molecule has 0 unspecified atom stereocenters. The molecule has 6 N–H and O–H groups in total. The van der Waals surface area contributed by atoms with Crippen molar-refractivity contribution in [1.82, 2.24) is 24.5 Å². The lowest BCUT2D eigenvalue weighted by Gasteiger charge is -2.15. The third-order valence-electron chi connectivity index (χ3n) is 4.53. The number of anilines is 1. The average Bonchev–Trinajstić information content (AvgIpc) is 3.25.